The van der Waals surface area contributed by atoms with Gasteiger partial charge in [0.15, 0.2) is 0 Å². The van der Waals surface area contributed by atoms with Crippen molar-refractivity contribution in [2.24, 2.45) is 11.8 Å². The maximum absolute atomic E-state index is 13.2. The summed E-state index contributed by atoms with van der Waals surface area (Å²) in [6, 6.07) is 5.59. The molecule has 3 unspecified atom stereocenters. The molecule has 2 saturated carbocycles. The van der Waals surface area contributed by atoms with Crippen molar-refractivity contribution in [1.29, 1.82) is 0 Å². The largest absolute Gasteiger partial charge is 0.382 e. The Balaban J connectivity index is 1.76. The number of fused-ring (bicyclic) bond motifs is 2. The van der Waals surface area contributed by atoms with E-state index in [1.54, 1.807) is 6.07 Å². The van der Waals surface area contributed by atoms with E-state index in [4.69, 9.17) is 0 Å². The molecule has 0 saturated heterocycles. The molecule has 0 spiro atoms. The van der Waals surface area contributed by atoms with Gasteiger partial charge in [0.1, 0.15) is 5.82 Å². The molecule has 2 heteroatoms. The lowest BCUT2D eigenvalue weighted by Gasteiger charge is -2.24. The van der Waals surface area contributed by atoms with Crippen LogP contribution in [0.3, 0.4) is 0 Å². The number of aryl methyl sites for hydroxylation is 1. The standard InChI is InChI=1S/C14H18FN/c1-9-2-5-12(15)8-13(9)16-14-7-10-3-4-11(14)6-10/h2,5,8,10-11,14,16H,3-4,6-7H2,1H3. The molecule has 1 aromatic rings. The minimum Gasteiger partial charge on any atom is -0.382 e. The summed E-state index contributed by atoms with van der Waals surface area (Å²) in [5.74, 6) is 1.61. The Morgan fingerprint density at radius 3 is 2.81 bits per heavy atom. The average molecular weight is 219 g/mol. The van der Waals surface area contributed by atoms with E-state index in [0.29, 0.717) is 6.04 Å². The highest BCUT2D eigenvalue weighted by molar-refractivity contribution is 5.51. The van der Waals surface area contributed by atoms with Crippen LogP contribution >= 0.6 is 0 Å². The van der Waals surface area contributed by atoms with E-state index < -0.39 is 0 Å². The molecule has 1 nitrogen and oxygen atoms in total. The van der Waals surface area contributed by atoms with Crippen LogP contribution in [0.5, 0.6) is 0 Å². The minimum atomic E-state index is -0.142. The van der Waals surface area contributed by atoms with Gasteiger partial charge in [0.2, 0.25) is 0 Å². The van der Waals surface area contributed by atoms with Gasteiger partial charge in [-0.25, -0.2) is 4.39 Å². The van der Waals surface area contributed by atoms with E-state index in [9.17, 15) is 4.39 Å². The summed E-state index contributed by atoms with van der Waals surface area (Å²) in [5.41, 5.74) is 2.13. The number of hydrogen-bond donors (Lipinski definition) is 1. The SMILES string of the molecule is Cc1ccc(F)cc1NC1CC2CCC1C2. The summed E-state index contributed by atoms with van der Waals surface area (Å²) in [4.78, 5) is 0. The Kier molecular flexibility index (Phi) is 2.38. The normalized spacial score (nSPS) is 32.0. The molecular formula is C14H18FN. The van der Waals surface area contributed by atoms with Crippen LogP contribution in [0, 0.1) is 24.6 Å². The molecule has 0 radical (unpaired) electrons. The first-order valence-electron chi connectivity index (χ1n) is 6.25. The van der Waals surface area contributed by atoms with Crippen molar-refractivity contribution in [3.05, 3.63) is 29.6 Å². The average Bonchev–Trinajstić information content (AvgIpc) is 2.85. The quantitative estimate of drug-likeness (QED) is 0.799. The number of halogens is 1. The van der Waals surface area contributed by atoms with Gasteiger partial charge in [-0.3, -0.25) is 0 Å². The van der Waals surface area contributed by atoms with Gasteiger partial charge in [0.05, 0.1) is 0 Å². The van der Waals surface area contributed by atoms with Crippen LogP contribution < -0.4 is 5.32 Å². The summed E-state index contributed by atoms with van der Waals surface area (Å²) >= 11 is 0. The number of rotatable bonds is 2. The second-order valence-corrected chi connectivity index (χ2v) is 5.38. The Hall–Kier alpha value is -1.05. The van der Waals surface area contributed by atoms with Crippen LogP contribution in [0.2, 0.25) is 0 Å². The highest BCUT2D eigenvalue weighted by Gasteiger charge is 2.39. The van der Waals surface area contributed by atoms with E-state index in [2.05, 4.69) is 5.32 Å². The van der Waals surface area contributed by atoms with Crippen molar-refractivity contribution in [3.8, 4) is 0 Å². The molecule has 1 N–H and O–H groups in total. The first kappa shape index (κ1) is 10.1. The fraction of sp³-hybridized carbons (Fsp3) is 0.571. The smallest absolute Gasteiger partial charge is 0.125 e. The summed E-state index contributed by atoms with van der Waals surface area (Å²) in [5, 5.41) is 3.54. The first-order chi connectivity index (χ1) is 7.72. The van der Waals surface area contributed by atoms with E-state index in [1.165, 1.54) is 31.7 Å². The van der Waals surface area contributed by atoms with E-state index in [-0.39, 0.29) is 5.82 Å². The summed E-state index contributed by atoms with van der Waals surface area (Å²) < 4.78 is 13.2. The Labute approximate surface area is 96.1 Å². The van der Waals surface area contributed by atoms with Crippen LogP contribution in [0.15, 0.2) is 18.2 Å². The molecule has 86 valence electrons. The molecule has 0 aliphatic heterocycles. The first-order valence-corrected chi connectivity index (χ1v) is 6.25. The third-order valence-corrected chi connectivity index (χ3v) is 4.28. The van der Waals surface area contributed by atoms with Gasteiger partial charge in [-0.05, 0) is 55.7 Å². The fourth-order valence-electron chi connectivity index (χ4n) is 3.37. The molecule has 0 aromatic heterocycles. The Morgan fingerprint density at radius 2 is 2.12 bits per heavy atom. The highest BCUT2D eigenvalue weighted by atomic mass is 19.1. The van der Waals surface area contributed by atoms with Crippen molar-refractivity contribution in [3.63, 3.8) is 0 Å². The maximum atomic E-state index is 13.2. The molecule has 2 aliphatic rings. The number of benzene rings is 1. The zero-order valence-electron chi connectivity index (χ0n) is 9.67. The molecule has 16 heavy (non-hydrogen) atoms. The van der Waals surface area contributed by atoms with Crippen LogP contribution in [0.25, 0.3) is 0 Å². The van der Waals surface area contributed by atoms with Gasteiger partial charge in [0, 0.05) is 11.7 Å². The van der Waals surface area contributed by atoms with Gasteiger partial charge in [-0.15, -0.1) is 0 Å². The van der Waals surface area contributed by atoms with Crippen LogP contribution in [0.4, 0.5) is 10.1 Å². The zero-order valence-corrected chi connectivity index (χ0v) is 9.67. The third-order valence-electron chi connectivity index (χ3n) is 4.28. The molecular weight excluding hydrogens is 201 g/mol. The van der Waals surface area contributed by atoms with Crippen LogP contribution in [-0.4, -0.2) is 6.04 Å². The van der Waals surface area contributed by atoms with Crippen molar-refractivity contribution in [2.75, 3.05) is 5.32 Å². The van der Waals surface area contributed by atoms with Crippen LogP contribution in [0.1, 0.15) is 31.2 Å². The van der Waals surface area contributed by atoms with Crippen molar-refractivity contribution < 1.29 is 4.39 Å². The Morgan fingerprint density at radius 1 is 1.25 bits per heavy atom. The highest BCUT2D eigenvalue weighted by Crippen LogP contribution is 2.45. The van der Waals surface area contributed by atoms with Crippen molar-refractivity contribution >= 4 is 5.69 Å². The monoisotopic (exact) mass is 219 g/mol. The predicted octanol–water partition coefficient (Wildman–Crippen LogP) is 3.73. The summed E-state index contributed by atoms with van der Waals surface area (Å²) in [6.07, 6.45) is 5.42. The van der Waals surface area contributed by atoms with Gasteiger partial charge in [0.25, 0.3) is 0 Å². The lowest BCUT2D eigenvalue weighted by molar-refractivity contribution is 0.439. The third kappa shape index (κ3) is 1.70. The fourth-order valence-corrected chi connectivity index (χ4v) is 3.37. The van der Waals surface area contributed by atoms with Gasteiger partial charge < -0.3 is 5.32 Å². The van der Waals surface area contributed by atoms with E-state index in [0.717, 1.165) is 23.1 Å². The van der Waals surface area contributed by atoms with Gasteiger partial charge in [-0.1, -0.05) is 12.5 Å². The van der Waals surface area contributed by atoms with Gasteiger partial charge >= 0.3 is 0 Å². The molecule has 2 aliphatic carbocycles. The lowest BCUT2D eigenvalue weighted by Crippen LogP contribution is -2.26. The van der Waals surface area contributed by atoms with Crippen molar-refractivity contribution in [2.45, 2.75) is 38.6 Å². The number of nitrogens with one attached hydrogen (secondary N) is 1. The second-order valence-electron chi connectivity index (χ2n) is 5.38. The van der Waals surface area contributed by atoms with Crippen LogP contribution in [-0.2, 0) is 0 Å². The molecule has 2 fully saturated rings. The molecule has 3 rings (SSSR count). The maximum Gasteiger partial charge on any atom is 0.125 e. The predicted molar refractivity (Wildman–Crippen MR) is 64.0 cm³/mol. The number of anilines is 1. The summed E-state index contributed by atoms with van der Waals surface area (Å²) in [6.45, 7) is 2.04. The van der Waals surface area contributed by atoms with E-state index in [1.807, 2.05) is 13.0 Å². The minimum absolute atomic E-state index is 0.142. The lowest BCUT2D eigenvalue weighted by atomic mass is 9.95. The molecule has 3 atom stereocenters. The molecule has 2 bridgehead atoms. The van der Waals surface area contributed by atoms with Crippen molar-refractivity contribution in [1.82, 2.24) is 0 Å². The molecule has 0 heterocycles. The van der Waals surface area contributed by atoms with E-state index >= 15 is 0 Å². The number of hydrogen-bond acceptors (Lipinski definition) is 1. The zero-order chi connectivity index (χ0) is 11.1. The van der Waals surface area contributed by atoms with Gasteiger partial charge in [-0.2, -0.15) is 0 Å². The molecule has 0 amide bonds. The summed E-state index contributed by atoms with van der Waals surface area (Å²) in [7, 11) is 0. The Bertz CT molecular complexity index is 402. The molecule has 1 aromatic carbocycles. The second kappa shape index (κ2) is 3.76. The topological polar surface area (TPSA) is 12.0 Å².